The van der Waals surface area contributed by atoms with Crippen LogP contribution in [0.5, 0.6) is 5.75 Å². The summed E-state index contributed by atoms with van der Waals surface area (Å²) in [5.74, 6) is 0.0809. The number of rotatable bonds is 1. The fourth-order valence-electron chi connectivity index (χ4n) is 1.65. The quantitative estimate of drug-likeness (QED) is 0.588. The van der Waals surface area contributed by atoms with Crippen LogP contribution < -0.4 is 5.32 Å². The number of thiocarbonyl (C=S) groups is 1. The first-order valence-corrected chi connectivity index (χ1v) is 5.43. The van der Waals surface area contributed by atoms with Gasteiger partial charge in [-0.2, -0.15) is 0 Å². The van der Waals surface area contributed by atoms with E-state index in [9.17, 15) is 9.90 Å². The number of aryl methyl sites for hydroxylation is 2. The maximum atomic E-state index is 11.4. The molecular weight excluding hydrogens is 238 g/mol. The van der Waals surface area contributed by atoms with Gasteiger partial charge in [0.25, 0.3) is 11.1 Å². The molecule has 17 heavy (non-hydrogen) atoms. The summed E-state index contributed by atoms with van der Waals surface area (Å²) in [5.41, 5.74) is 2.28. The molecule has 0 aromatic heterocycles. The maximum absolute atomic E-state index is 11.4. The SMILES string of the molecule is Cc1cc(/C=C2\OC(=S)NC2=O)cc(C)c1O. The molecule has 4 nitrogen and oxygen atoms in total. The van der Waals surface area contributed by atoms with E-state index in [0.717, 1.165) is 16.7 Å². The van der Waals surface area contributed by atoms with Crippen LogP contribution in [0, 0.1) is 13.8 Å². The van der Waals surface area contributed by atoms with Crippen molar-refractivity contribution >= 4 is 29.4 Å². The molecule has 1 fully saturated rings. The van der Waals surface area contributed by atoms with Gasteiger partial charge in [0.1, 0.15) is 5.75 Å². The number of hydrogen-bond donors (Lipinski definition) is 2. The van der Waals surface area contributed by atoms with Crippen LogP contribution in [0.2, 0.25) is 0 Å². The molecule has 0 radical (unpaired) electrons. The topological polar surface area (TPSA) is 58.6 Å². The highest BCUT2D eigenvalue weighted by molar-refractivity contribution is 7.80. The molecule has 0 bridgehead atoms. The van der Waals surface area contributed by atoms with Crippen LogP contribution in [-0.2, 0) is 9.53 Å². The highest BCUT2D eigenvalue weighted by Gasteiger charge is 2.23. The lowest BCUT2D eigenvalue weighted by Gasteiger charge is -2.05. The summed E-state index contributed by atoms with van der Waals surface area (Å²) in [6, 6.07) is 3.54. The third kappa shape index (κ3) is 2.29. The Labute approximate surface area is 104 Å². The summed E-state index contributed by atoms with van der Waals surface area (Å²) in [4.78, 5) is 11.4. The highest BCUT2D eigenvalue weighted by Crippen LogP contribution is 2.24. The van der Waals surface area contributed by atoms with Crippen LogP contribution in [0.25, 0.3) is 6.08 Å². The Balaban J connectivity index is 2.40. The number of phenols is 1. The molecule has 0 aliphatic carbocycles. The van der Waals surface area contributed by atoms with Gasteiger partial charge in [-0.25, -0.2) is 0 Å². The Morgan fingerprint density at radius 2 is 1.94 bits per heavy atom. The average molecular weight is 249 g/mol. The molecule has 1 saturated heterocycles. The molecule has 2 N–H and O–H groups in total. The number of phenolic OH excluding ortho intramolecular Hbond substituents is 1. The van der Waals surface area contributed by atoms with Crippen molar-refractivity contribution in [2.45, 2.75) is 13.8 Å². The van der Waals surface area contributed by atoms with Gasteiger partial charge in [0, 0.05) is 0 Å². The van der Waals surface area contributed by atoms with Gasteiger partial charge in [0.05, 0.1) is 0 Å². The Bertz CT molecular complexity index is 526. The van der Waals surface area contributed by atoms with E-state index in [1.54, 1.807) is 32.1 Å². The number of carbonyl (C=O) groups excluding carboxylic acids is 1. The third-order valence-corrected chi connectivity index (χ3v) is 2.64. The number of benzene rings is 1. The van der Waals surface area contributed by atoms with Crippen LogP contribution in [0.1, 0.15) is 16.7 Å². The van der Waals surface area contributed by atoms with Gasteiger partial charge < -0.3 is 9.84 Å². The highest BCUT2D eigenvalue weighted by atomic mass is 32.1. The van der Waals surface area contributed by atoms with Crippen molar-refractivity contribution in [2.75, 3.05) is 0 Å². The maximum Gasteiger partial charge on any atom is 0.294 e. The number of hydrogen-bond acceptors (Lipinski definition) is 4. The standard InChI is InChI=1S/C12H11NO3S/c1-6-3-8(4-7(2)10(6)14)5-9-11(15)13-12(17)16-9/h3-5,14H,1-2H3,(H,13,15,17)/b9-5-. The molecule has 0 spiro atoms. The predicted octanol–water partition coefficient (Wildman–Crippen LogP) is 1.78. The summed E-state index contributed by atoms with van der Waals surface area (Å²) in [5, 5.41) is 12.1. The summed E-state index contributed by atoms with van der Waals surface area (Å²) < 4.78 is 5.06. The van der Waals surface area contributed by atoms with Crippen molar-refractivity contribution < 1.29 is 14.6 Å². The number of ether oxygens (including phenoxy) is 1. The fourth-order valence-corrected chi connectivity index (χ4v) is 1.83. The van der Waals surface area contributed by atoms with Gasteiger partial charge in [0.15, 0.2) is 5.76 Å². The van der Waals surface area contributed by atoms with Gasteiger partial charge in [-0.15, -0.1) is 0 Å². The first-order valence-electron chi connectivity index (χ1n) is 5.02. The van der Waals surface area contributed by atoms with Crippen LogP contribution in [0.3, 0.4) is 0 Å². The smallest absolute Gasteiger partial charge is 0.294 e. The largest absolute Gasteiger partial charge is 0.507 e. The molecule has 1 aromatic rings. The lowest BCUT2D eigenvalue weighted by Crippen LogP contribution is -2.18. The van der Waals surface area contributed by atoms with Gasteiger partial charge in [-0.1, -0.05) is 0 Å². The van der Waals surface area contributed by atoms with Crippen molar-refractivity contribution in [1.29, 1.82) is 0 Å². The molecule has 0 saturated carbocycles. The summed E-state index contributed by atoms with van der Waals surface area (Å²) in [6.07, 6.45) is 1.59. The van der Waals surface area contributed by atoms with Gasteiger partial charge in [-0.05, 0) is 61.0 Å². The average Bonchev–Trinajstić information content (AvgIpc) is 2.54. The van der Waals surface area contributed by atoms with E-state index in [-0.39, 0.29) is 22.6 Å². The van der Waals surface area contributed by atoms with Crippen molar-refractivity contribution in [3.05, 3.63) is 34.6 Å². The van der Waals surface area contributed by atoms with Gasteiger partial charge in [-0.3, -0.25) is 10.1 Å². The number of aromatic hydroxyl groups is 1. The second-order valence-electron chi connectivity index (χ2n) is 3.86. The Morgan fingerprint density at radius 1 is 1.35 bits per heavy atom. The number of amides is 1. The molecule has 1 aliphatic heterocycles. The zero-order valence-electron chi connectivity index (χ0n) is 9.40. The minimum Gasteiger partial charge on any atom is -0.507 e. The monoisotopic (exact) mass is 249 g/mol. The molecule has 1 amide bonds. The lowest BCUT2D eigenvalue weighted by molar-refractivity contribution is -0.116. The van der Waals surface area contributed by atoms with E-state index in [1.165, 1.54) is 0 Å². The zero-order valence-corrected chi connectivity index (χ0v) is 10.2. The molecule has 2 rings (SSSR count). The van der Waals surface area contributed by atoms with Crippen molar-refractivity contribution in [3.63, 3.8) is 0 Å². The summed E-state index contributed by atoms with van der Waals surface area (Å²) in [7, 11) is 0. The van der Waals surface area contributed by atoms with Crippen LogP contribution in [-0.4, -0.2) is 16.2 Å². The van der Waals surface area contributed by atoms with E-state index in [4.69, 9.17) is 17.0 Å². The van der Waals surface area contributed by atoms with Crippen molar-refractivity contribution in [3.8, 4) is 5.75 Å². The van der Waals surface area contributed by atoms with E-state index >= 15 is 0 Å². The Kier molecular flexibility index (Phi) is 2.85. The predicted molar refractivity (Wildman–Crippen MR) is 67.4 cm³/mol. The van der Waals surface area contributed by atoms with E-state index in [0.29, 0.717) is 0 Å². The Morgan fingerprint density at radius 3 is 2.41 bits per heavy atom. The third-order valence-electron chi connectivity index (χ3n) is 2.45. The molecule has 0 atom stereocenters. The Hall–Kier alpha value is -1.88. The first kappa shape index (κ1) is 11.6. The van der Waals surface area contributed by atoms with Crippen LogP contribution in [0.4, 0.5) is 0 Å². The van der Waals surface area contributed by atoms with E-state index in [2.05, 4.69) is 5.32 Å². The molecule has 5 heteroatoms. The normalized spacial score (nSPS) is 17.2. The number of carbonyl (C=O) groups is 1. The van der Waals surface area contributed by atoms with Crippen LogP contribution in [0.15, 0.2) is 17.9 Å². The van der Waals surface area contributed by atoms with E-state index < -0.39 is 0 Å². The molecule has 0 unspecified atom stereocenters. The molecule has 88 valence electrons. The minimum absolute atomic E-state index is 0.0634. The first-order chi connectivity index (χ1) is 7.97. The summed E-state index contributed by atoms with van der Waals surface area (Å²) >= 11 is 4.73. The van der Waals surface area contributed by atoms with Gasteiger partial charge >= 0.3 is 0 Å². The summed E-state index contributed by atoms with van der Waals surface area (Å²) in [6.45, 7) is 3.59. The van der Waals surface area contributed by atoms with Crippen LogP contribution >= 0.6 is 12.2 Å². The van der Waals surface area contributed by atoms with Crippen molar-refractivity contribution in [1.82, 2.24) is 5.32 Å². The lowest BCUT2D eigenvalue weighted by atomic mass is 10.1. The molecule has 1 aliphatic rings. The zero-order chi connectivity index (χ0) is 12.6. The second kappa shape index (κ2) is 4.18. The fraction of sp³-hybridized carbons (Fsp3) is 0.167. The second-order valence-corrected chi connectivity index (χ2v) is 4.23. The van der Waals surface area contributed by atoms with Gasteiger partial charge in [0.2, 0.25) is 0 Å². The molecule has 1 heterocycles. The minimum atomic E-state index is -0.349. The molecular formula is C12H11NO3S. The van der Waals surface area contributed by atoms with E-state index in [1.807, 2.05) is 0 Å². The van der Waals surface area contributed by atoms with Crippen molar-refractivity contribution in [2.24, 2.45) is 0 Å². The molecule has 1 aromatic carbocycles. The number of nitrogens with one attached hydrogen (secondary N) is 1.